The molecule has 3 heterocycles. The smallest absolute Gasteiger partial charge is 0.248 e. The number of aliphatic hydroxyl groups excluding tert-OH is 4. The van der Waals surface area contributed by atoms with Crippen molar-refractivity contribution in [3.63, 3.8) is 0 Å². The minimum absolute atomic E-state index is 0.00991. The third-order valence-electron chi connectivity index (χ3n) is 17.0. The number of hydrogen-bond donors (Lipinski definition) is 22. The van der Waals surface area contributed by atoms with Crippen LogP contribution in [-0.2, 0) is 76.8 Å². The fourth-order valence-electron chi connectivity index (χ4n) is 11.0. The van der Waals surface area contributed by atoms with Gasteiger partial charge in [-0.1, -0.05) is 0 Å². The van der Waals surface area contributed by atoms with E-state index >= 15 is 0 Å². The number of aliphatic hydroxyl groups is 4. The molecule has 572 valence electrons. The molecule has 0 radical (unpaired) electrons. The monoisotopic (exact) mass is 1440 g/mol. The molecular formula is C61H108N20O20. The maximum Gasteiger partial charge on any atom is 0.248 e. The summed E-state index contributed by atoms with van der Waals surface area (Å²) in [6, 6.07) is -15.9. The van der Waals surface area contributed by atoms with Gasteiger partial charge in [-0.25, -0.2) is 5.90 Å². The van der Waals surface area contributed by atoms with Crippen molar-refractivity contribution in [2.45, 2.75) is 201 Å². The van der Waals surface area contributed by atoms with E-state index in [0.29, 0.717) is 6.42 Å². The minimum atomic E-state index is -1.49. The molecule has 0 aromatic heterocycles. The van der Waals surface area contributed by atoms with Crippen LogP contribution in [0.1, 0.15) is 129 Å². The zero-order valence-electron chi connectivity index (χ0n) is 57.4. The molecule has 15 amide bonds. The van der Waals surface area contributed by atoms with E-state index in [0.717, 1.165) is 0 Å². The van der Waals surface area contributed by atoms with Crippen LogP contribution < -0.4 is 97.9 Å². The molecule has 0 spiro atoms. The van der Waals surface area contributed by atoms with Gasteiger partial charge in [-0.3, -0.25) is 76.8 Å². The lowest BCUT2D eigenvalue weighted by molar-refractivity contribution is -0.140. The van der Waals surface area contributed by atoms with Gasteiger partial charge in [-0.15, -0.1) is 0 Å². The third-order valence-corrected chi connectivity index (χ3v) is 17.0. The fraction of sp³-hybridized carbons (Fsp3) is 0.754. The first-order chi connectivity index (χ1) is 48.2. The lowest BCUT2D eigenvalue weighted by Gasteiger charge is -2.29. The van der Waals surface area contributed by atoms with Crippen LogP contribution in [0.3, 0.4) is 0 Å². The first kappa shape index (κ1) is 86.9. The quantitative estimate of drug-likeness (QED) is 0.0207. The van der Waals surface area contributed by atoms with Crippen molar-refractivity contribution in [1.29, 1.82) is 0 Å². The van der Waals surface area contributed by atoms with Crippen molar-refractivity contribution in [3.8, 4) is 0 Å². The summed E-state index contributed by atoms with van der Waals surface area (Å²) in [5, 5.41) is 71.1. The predicted molar refractivity (Wildman–Crippen MR) is 357 cm³/mol. The average Bonchev–Trinajstić information content (AvgIpc) is 1.76. The Bertz CT molecular complexity index is 2760. The number of amides is 15. The highest BCUT2D eigenvalue weighted by atomic mass is 16.6. The summed E-state index contributed by atoms with van der Waals surface area (Å²) >= 11 is 0. The Morgan fingerprint density at radius 3 is 1.00 bits per heavy atom. The molecule has 0 aromatic carbocycles. The molecule has 12 atom stereocenters. The van der Waals surface area contributed by atoms with Crippen molar-refractivity contribution >= 4 is 88.6 Å². The Labute approximate surface area is 585 Å². The SMILES string of the molecule is C[C@@H]1NC(=O)[C@H](CCCCNC(=O)C(N)CO)NC(=O)[C@@H]2CCCN2C(=O)CNC(=O)[C@H](CCCCNC(=O)C(N)CO)NC(=O)[C@H](CCCCNC(=O)CON)NC(=O)[C@H](CCCCNC(=O)C(N)CO)NC(=O)[C@@H]2CCCN2C(=O)CNC(=O)[C@H](CCCCNC(=O)C(N)CO)NC1=O. The Morgan fingerprint density at radius 2 is 0.693 bits per heavy atom. The maximum absolute atomic E-state index is 14.7. The molecule has 0 aromatic rings. The van der Waals surface area contributed by atoms with Gasteiger partial charge in [-0.05, 0) is 129 Å². The van der Waals surface area contributed by atoms with E-state index < -0.39 is 207 Å². The number of carbonyl (C=O) groups excluding carboxylic acids is 15. The molecule has 0 aliphatic carbocycles. The van der Waals surface area contributed by atoms with Crippen LogP contribution in [-0.4, -0.2) is 283 Å². The second kappa shape index (κ2) is 47.7. The van der Waals surface area contributed by atoms with Crippen molar-refractivity contribution in [1.82, 2.24) is 78.9 Å². The lowest BCUT2D eigenvalue weighted by atomic mass is 10.0. The van der Waals surface area contributed by atoms with Crippen molar-refractivity contribution in [2.24, 2.45) is 28.8 Å². The first-order valence-electron chi connectivity index (χ1n) is 34.3. The van der Waals surface area contributed by atoms with E-state index in [2.05, 4.69) is 74.0 Å². The van der Waals surface area contributed by atoms with Crippen LogP contribution in [0.5, 0.6) is 0 Å². The molecule has 3 saturated heterocycles. The minimum Gasteiger partial charge on any atom is -0.394 e. The number of nitrogens with one attached hydrogen (secondary N) is 13. The predicted octanol–water partition coefficient (Wildman–Crippen LogP) is -11.3. The first-order valence-corrected chi connectivity index (χ1v) is 34.3. The van der Waals surface area contributed by atoms with Crippen LogP contribution in [0.2, 0.25) is 0 Å². The largest absolute Gasteiger partial charge is 0.394 e. The number of hydrogen-bond acceptors (Lipinski definition) is 25. The van der Waals surface area contributed by atoms with Crippen LogP contribution in [0.15, 0.2) is 0 Å². The van der Waals surface area contributed by atoms with Gasteiger partial charge < -0.3 is 122 Å². The summed E-state index contributed by atoms with van der Waals surface area (Å²) in [6.07, 6.45) is 1.91. The molecule has 0 saturated carbocycles. The fourth-order valence-corrected chi connectivity index (χ4v) is 11.0. The van der Waals surface area contributed by atoms with Gasteiger partial charge in [-0.2, -0.15) is 0 Å². The molecule has 0 bridgehead atoms. The summed E-state index contributed by atoms with van der Waals surface area (Å²) in [5.41, 5.74) is 22.5. The summed E-state index contributed by atoms with van der Waals surface area (Å²) in [5.74, 6) is -6.66. The highest BCUT2D eigenvalue weighted by Gasteiger charge is 2.40. The highest BCUT2D eigenvalue weighted by Crippen LogP contribution is 2.21. The molecule has 40 heteroatoms. The van der Waals surface area contributed by atoms with E-state index in [1.165, 1.54) is 16.7 Å². The zero-order valence-corrected chi connectivity index (χ0v) is 57.4. The second-order valence-electron chi connectivity index (χ2n) is 24.9. The van der Waals surface area contributed by atoms with Crippen molar-refractivity contribution in [2.75, 3.05) is 91.9 Å². The normalized spacial score (nSPS) is 23.1. The van der Waals surface area contributed by atoms with Gasteiger partial charge in [0.15, 0.2) is 0 Å². The summed E-state index contributed by atoms with van der Waals surface area (Å²) in [6.45, 7) is -2.93. The van der Waals surface area contributed by atoms with Crippen molar-refractivity contribution in [3.05, 3.63) is 0 Å². The molecule has 4 unspecified atom stereocenters. The topological polar surface area (TPSA) is 639 Å². The maximum atomic E-state index is 14.7. The second-order valence-corrected chi connectivity index (χ2v) is 24.9. The molecule has 101 heavy (non-hydrogen) atoms. The number of rotatable bonds is 35. The Hall–Kier alpha value is -8.35. The van der Waals surface area contributed by atoms with Crippen LogP contribution in [0, 0.1) is 0 Å². The van der Waals surface area contributed by atoms with Crippen LogP contribution in [0.4, 0.5) is 0 Å². The van der Waals surface area contributed by atoms with Gasteiger partial charge in [0.1, 0.15) is 79.1 Å². The number of nitrogens with zero attached hydrogens (tertiary/aromatic N) is 2. The van der Waals surface area contributed by atoms with Gasteiger partial charge in [0.25, 0.3) is 0 Å². The molecule has 40 nitrogen and oxygen atoms in total. The van der Waals surface area contributed by atoms with Crippen LogP contribution >= 0.6 is 0 Å². The summed E-state index contributed by atoms with van der Waals surface area (Å²) in [7, 11) is 0. The Kier molecular flexibility index (Phi) is 41.0. The lowest BCUT2D eigenvalue weighted by Crippen LogP contribution is -2.59. The molecule has 27 N–H and O–H groups in total. The van der Waals surface area contributed by atoms with Gasteiger partial charge in [0, 0.05) is 45.8 Å². The van der Waals surface area contributed by atoms with Gasteiger partial charge in [0.2, 0.25) is 88.6 Å². The van der Waals surface area contributed by atoms with E-state index in [9.17, 15) is 92.3 Å². The van der Waals surface area contributed by atoms with Gasteiger partial charge >= 0.3 is 0 Å². The number of unbranched alkanes of at least 4 members (excludes halogenated alkanes) is 5. The van der Waals surface area contributed by atoms with Gasteiger partial charge in [0.05, 0.1) is 39.5 Å². The highest BCUT2D eigenvalue weighted by molar-refractivity contribution is 5.99. The third kappa shape index (κ3) is 31.6. The Morgan fingerprint density at radius 1 is 0.416 bits per heavy atom. The molecule has 3 rings (SSSR count). The molecular weight excluding hydrogens is 1330 g/mol. The van der Waals surface area contributed by atoms with E-state index in [1.54, 1.807) is 0 Å². The number of carbonyl (C=O) groups is 15. The number of nitrogens with two attached hydrogens (primary N) is 5. The Balaban J connectivity index is 2.15. The van der Waals surface area contributed by atoms with Crippen molar-refractivity contribution < 1.29 is 97.2 Å². The van der Waals surface area contributed by atoms with Crippen LogP contribution in [0.25, 0.3) is 0 Å². The van der Waals surface area contributed by atoms with E-state index in [1.807, 2.05) is 0 Å². The number of fused-ring (bicyclic) bond motifs is 2. The standard InChI is InChI=1S/C61H108N20O20/c1-35-50(89)75-40(14-3-8-22-68-51(90)36(62)30-82)55(94)72-28-48(87)81-27-13-20-46(81)61(100)79-44(18-6-11-25-71-54(93)39(65)33-85)59(98)77-43(17-2-7-21-67-47(86)34-101-66)58(97)76-41(15-4-9-23-69-52(91)37(63)31-83)56(95)73-29-49(88)80-26-12-19-45(80)60(99)78-42(57(96)74-35)16-5-10-24-70-53(92)38(64)32-84/h35-46,82-85H,2-34,62-66H2,1H3,(H,67,86)(H,68,90)(H,69,91)(H,70,92)(H,71,93)(H,72,94)(H,73,95)(H,74,96)(H,75,89)(H,76,97)(H,77,98)(H,78,99)(H,79,100)/t35-,36?,37?,38?,39?,40-,41-,42-,43-,44-,45-,46-/m0/s1. The summed E-state index contributed by atoms with van der Waals surface area (Å²) < 4.78 is 0. The average molecular weight is 1440 g/mol. The molecule has 3 fully saturated rings. The van der Waals surface area contributed by atoms with E-state index in [4.69, 9.17) is 28.8 Å². The summed E-state index contributed by atoms with van der Waals surface area (Å²) in [4.78, 5) is 212. The zero-order chi connectivity index (χ0) is 75.0. The molecule has 3 aliphatic heterocycles. The molecule has 3 aliphatic rings. The van der Waals surface area contributed by atoms with E-state index in [-0.39, 0.29) is 161 Å².